The van der Waals surface area contributed by atoms with Gasteiger partial charge in [0.05, 0.1) is 7.11 Å². The minimum atomic E-state index is 0.153. The summed E-state index contributed by atoms with van der Waals surface area (Å²) in [4.78, 5) is 11.7. The molecule has 3 aliphatic rings. The molecule has 1 fully saturated rings. The van der Waals surface area contributed by atoms with Crippen LogP contribution in [0, 0.1) is 11.3 Å². The molecule has 0 unspecified atom stereocenters. The minimum Gasteiger partial charge on any atom is -0.497 e. The van der Waals surface area contributed by atoms with E-state index >= 15 is 0 Å². The van der Waals surface area contributed by atoms with Crippen molar-refractivity contribution in [3.05, 3.63) is 35.6 Å². The molecule has 0 amide bonds. The maximum atomic E-state index is 11.7. The van der Waals surface area contributed by atoms with E-state index in [9.17, 15) is 4.79 Å². The fraction of sp³-hybridized carbons (Fsp3) is 0.462. The molecule has 0 aliphatic heterocycles. The first kappa shape index (κ1) is 8.96. The molecular formula is C13H14O2. The molecule has 0 heterocycles. The summed E-state index contributed by atoms with van der Waals surface area (Å²) in [7, 11) is 1.66. The molecule has 2 bridgehead atoms. The van der Waals surface area contributed by atoms with E-state index in [-0.39, 0.29) is 11.3 Å². The Labute approximate surface area is 89.3 Å². The highest BCUT2D eigenvalue weighted by Gasteiger charge is 2.46. The van der Waals surface area contributed by atoms with E-state index < -0.39 is 0 Å². The van der Waals surface area contributed by atoms with Crippen molar-refractivity contribution in [1.82, 2.24) is 0 Å². The van der Waals surface area contributed by atoms with Gasteiger partial charge in [0.1, 0.15) is 5.76 Å². The van der Waals surface area contributed by atoms with Crippen LogP contribution in [0.5, 0.6) is 0 Å². The van der Waals surface area contributed by atoms with Gasteiger partial charge in [0.15, 0.2) is 5.78 Å². The van der Waals surface area contributed by atoms with Crippen LogP contribution in [0.1, 0.15) is 19.3 Å². The molecule has 0 N–H and O–H groups in total. The third-order valence-electron chi connectivity index (χ3n) is 3.92. The smallest absolute Gasteiger partial charge is 0.159 e. The molecule has 0 aromatic heterocycles. The van der Waals surface area contributed by atoms with Gasteiger partial charge in [0.25, 0.3) is 0 Å². The SMILES string of the molecule is COC1=CC2=CC(=O)[C@H]3CC[C@]2(C=C1)C3. The van der Waals surface area contributed by atoms with Gasteiger partial charge >= 0.3 is 0 Å². The van der Waals surface area contributed by atoms with Crippen LogP contribution in [0.3, 0.4) is 0 Å². The highest BCUT2D eigenvalue weighted by molar-refractivity contribution is 5.95. The van der Waals surface area contributed by atoms with E-state index in [1.54, 1.807) is 7.11 Å². The first-order valence-electron chi connectivity index (χ1n) is 5.44. The lowest BCUT2D eigenvalue weighted by Gasteiger charge is -2.32. The van der Waals surface area contributed by atoms with Crippen LogP contribution in [-0.2, 0) is 9.53 Å². The normalized spacial score (nSPS) is 37.1. The highest BCUT2D eigenvalue weighted by atomic mass is 16.5. The van der Waals surface area contributed by atoms with Crippen LogP contribution >= 0.6 is 0 Å². The number of methoxy groups -OCH3 is 1. The summed E-state index contributed by atoms with van der Waals surface area (Å²) in [6, 6.07) is 0. The molecule has 15 heavy (non-hydrogen) atoms. The van der Waals surface area contributed by atoms with Crippen LogP contribution in [0.2, 0.25) is 0 Å². The summed E-state index contributed by atoms with van der Waals surface area (Å²) in [5, 5.41) is 0. The molecule has 2 atom stereocenters. The molecule has 2 nitrogen and oxygen atoms in total. The fourth-order valence-electron chi connectivity index (χ4n) is 3.00. The predicted molar refractivity (Wildman–Crippen MR) is 57.1 cm³/mol. The van der Waals surface area contributed by atoms with Crippen LogP contribution in [-0.4, -0.2) is 12.9 Å². The average Bonchev–Trinajstić information content (AvgIpc) is 2.62. The number of allylic oxidation sites excluding steroid dienone is 5. The van der Waals surface area contributed by atoms with Gasteiger partial charge in [-0.1, -0.05) is 6.08 Å². The molecule has 78 valence electrons. The van der Waals surface area contributed by atoms with E-state index in [2.05, 4.69) is 6.08 Å². The summed E-state index contributed by atoms with van der Waals surface area (Å²) in [5.74, 6) is 1.43. The number of carbonyl (C=O) groups excluding carboxylic acids is 1. The van der Waals surface area contributed by atoms with Crippen LogP contribution < -0.4 is 0 Å². The Morgan fingerprint density at radius 3 is 3.13 bits per heavy atom. The zero-order valence-corrected chi connectivity index (χ0v) is 8.82. The molecule has 1 saturated carbocycles. The molecule has 0 aromatic rings. The van der Waals surface area contributed by atoms with Gasteiger partial charge in [0, 0.05) is 11.3 Å². The molecule has 0 radical (unpaired) electrons. The van der Waals surface area contributed by atoms with Crippen molar-refractivity contribution in [2.24, 2.45) is 11.3 Å². The Kier molecular flexibility index (Phi) is 1.70. The second-order valence-corrected chi connectivity index (χ2v) is 4.68. The topological polar surface area (TPSA) is 26.3 Å². The van der Waals surface area contributed by atoms with Crippen molar-refractivity contribution < 1.29 is 9.53 Å². The van der Waals surface area contributed by atoms with Crippen molar-refractivity contribution in [3.63, 3.8) is 0 Å². The number of hydrogen-bond acceptors (Lipinski definition) is 2. The lowest BCUT2D eigenvalue weighted by molar-refractivity contribution is -0.118. The van der Waals surface area contributed by atoms with Crippen molar-refractivity contribution >= 4 is 5.78 Å². The van der Waals surface area contributed by atoms with E-state index in [0.29, 0.717) is 5.78 Å². The quantitative estimate of drug-likeness (QED) is 0.652. The number of fused-ring (bicyclic) bond motifs is 1. The number of hydrogen-bond donors (Lipinski definition) is 0. The van der Waals surface area contributed by atoms with Gasteiger partial charge in [-0.3, -0.25) is 4.79 Å². The number of rotatable bonds is 1. The van der Waals surface area contributed by atoms with Crippen molar-refractivity contribution in [3.8, 4) is 0 Å². The highest BCUT2D eigenvalue weighted by Crippen LogP contribution is 2.53. The molecule has 0 saturated heterocycles. The van der Waals surface area contributed by atoms with Gasteiger partial charge in [-0.2, -0.15) is 0 Å². The second-order valence-electron chi connectivity index (χ2n) is 4.68. The van der Waals surface area contributed by atoms with Gasteiger partial charge < -0.3 is 4.74 Å². The Hall–Kier alpha value is -1.31. The zero-order chi connectivity index (χ0) is 10.5. The Balaban J connectivity index is 2.09. The van der Waals surface area contributed by atoms with E-state index in [1.807, 2.05) is 18.2 Å². The molecule has 3 aliphatic carbocycles. The molecular weight excluding hydrogens is 188 g/mol. The van der Waals surface area contributed by atoms with Gasteiger partial charge in [-0.15, -0.1) is 0 Å². The van der Waals surface area contributed by atoms with Gasteiger partial charge in [0.2, 0.25) is 0 Å². The van der Waals surface area contributed by atoms with Crippen molar-refractivity contribution in [2.45, 2.75) is 19.3 Å². The third-order valence-corrected chi connectivity index (χ3v) is 3.92. The monoisotopic (exact) mass is 202 g/mol. The first-order chi connectivity index (χ1) is 7.23. The lowest BCUT2D eigenvalue weighted by atomic mass is 9.71. The number of carbonyl (C=O) groups is 1. The summed E-state index contributed by atoms with van der Waals surface area (Å²) in [6.45, 7) is 0. The number of ketones is 1. The van der Waals surface area contributed by atoms with E-state index in [1.165, 1.54) is 0 Å². The van der Waals surface area contributed by atoms with Crippen LogP contribution in [0.25, 0.3) is 0 Å². The van der Waals surface area contributed by atoms with E-state index in [4.69, 9.17) is 4.74 Å². The molecule has 1 spiro atoms. The Morgan fingerprint density at radius 1 is 1.47 bits per heavy atom. The summed E-state index contributed by atoms with van der Waals surface area (Å²) in [5.41, 5.74) is 1.31. The molecule has 3 rings (SSSR count). The van der Waals surface area contributed by atoms with Crippen LogP contribution in [0.15, 0.2) is 35.6 Å². The predicted octanol–water partition coefficient (Wildman–Crippen LogP) is 2.38. The molecule has 0 aromatic carbocycles. The second kappa shape index (κ2) is 2.84. The standard InChI is InChI=1S/C13H14O2/c1-15-11-3-5-13-4-2-9(8-13)12(14)7-10(13)6-11/h3,5-7,9H,2,4,8H2,1H3/t9-,13-/m0/s1. The summed E-state index contributed by atoms with van der Waals surface area (Å²) in [6.07, 6.45) is 11.3. The van der Waals surface area contributed by atoms with Gasteiger partial charge in [-0.05, 0) is 43.1 Å². The fourth-order valence-corrected chi connectivity index (χ4v) is 3.00. The lowest BCUT2D eigenvalue weighted by Crippen LogP contribution is -2.25. The minimum absolute atomic E-state index is 0.153. The zero-order valence-electron chi connectivity index (χ0n) is 8.82. The van der Waals surface area contributed by atoms with E-state index in [0.717, 1.165) is 30.6 Å². The largest absolute Gasteiger partial charge is 0.497 e. The summed E-state index contributed by atoms with van der Waals surface area (Å²) < 4.78 is 5.20. The summed E-state index contributed by atoms with van der Waals surface area (Å²) >= 11 is 0. The maximum Gasteiger partial charge on any atom is 0.159 e. The first-order valence-corrected chi connectivity index (χ1v) is 5.44. The maximum absolute atomic E-state index is 11.7. The molecule has 2 heteroatoms. The van der Waals surface area contributed by atoms with Crippen LogP contribution in [0.4, 0.5) is 0 Å². The van der Waals surface area contributed by atoms with Crippen molar-refractivity contribution in [2.75, 3.05) is 7.11 Å². The van der Waals surface area contributed by atoms with Crippen molar-refractivity contribution in [1.29, 1.82) is 0 Å². The average molecular weight is 202 g/mol. The Bertz CT molecular complexity index is 414. The Morgan fingerprint density at radius 2 is 2.33 bits per heavy atom. The third kappa shape index (κ3) is 1.14. The van der Waals surface area contributed by atoms with Gasteiger partial charge in [-0.25, -0.2) is 0 Å². The number of ether oxygens (including phenoxy) is 1.